The molecule has 1 rings (SSSR count). The van der Waals surface area contributed by atoms with Crippen LogP contribution in [0, 0.1) is 0 Å². The van der Waals surface area contributed by atoms with Gasteiger partial charge in [-0.15, -0.1) is 0 Å². The van der Waals surface area contributed by atoms with Gasteiger partial charge in [0.2, 0.25) is 0 Å². The molecule has 0 amide bonds. The van der Waals surface area contributed by atoms with Crippen molar-refractivity contribution >= 4 is 0 Å². The smallest absolute Gasteiger partial charge is 0.0549 e. The van der Waals surface area contributed by atoms with Crippen LogP contribution in [0.25, 0.3) is 0 Å². The summed E-state index contributed by atoms with van der Waals surface area (Å²) in [5.74, 6) is 0. The summed E-state index contributed by atoms with van der Waals surface area (Å²) in [5, 5.41) is 16.6. The highest BCUT2D eigenvalue weighted by atomic mass is 16.3. The van der Waals surface area contributed by atoms with E-state index in [1.54, 1.807) is 6.20 Å². The van der Waals surface area contributed by atoms with Crippen molar-refractivity contribution < 1.29 is 5.11 Å². The van der Waals surface area contributed by atoms with E-state index in [2.05, 4.69) is 10.4 Å². The number of hydrogen-bond acceptors (Lipinski definition) is 3. The molecule has 1 unspecified atom stereocenters. The summed E-state index contributed by atoms with van der Waals surface area (Å²) in [6.45, 7) is 4.65. The molecule has 1 heterocycles. The third kappa shape index (κ3) is 4.39. The largest absolute Gasteiger partial charge is 0.393 e. The van der Waals surface area contributed by atoms with Gasteiger partial charge in [-0.2, -0.15) is 5.10 Å². The zero-order valence-electron chi connectivity index (χ0n) is 8.69. The van der Waals surface area contributed by atoms with E-state index >= 15 is 0 Å². The number of nitrogens with zero attached hydrogens (tertiary/aromatic N) is 2. The fourth-order valence-corrected chi connectivity index (χ4v) is 1.22. The molecule has 0 saturated carbocycles. The van der Waals surface area contributed by atoms with Crippen LogP contribution in [0.1, 0.15) is 19.8 Å². The lowest BCUT2D eigenvalue weighted by atomic mass is 10.2. The first-order chi connectivity index (χ1) is 6.83. The molecule has 0 aliphatic carbocycles. The Bertz CT molecular complexity index is 223. The van der Waals surface area contributed by atoms with Gasteiger partial charge in [-0.3, -0.25) is 4.68 Å². The number of hydrogen-bond donors (Lipinski definition) is 2. The zero-order valence-corrected chi connectivity index (χ0v) is 8.69. The number of nitrogens with one attached hydrogen (secondary N) is 1. The minimum Gasteiger partial charge on any atom is -0.393 e. The molecule has 1 aromatic rings. The molecule has 14 heavy (non-hydrogen) atoms. The van der Waals surface area contributed by atoms with Crippen LogP contribution in [0.5, 0.6) is 0 Å². The summed E-state index contributed by atoms with van der Waals surface area (Å²) in [4.78, 5) is 0. The van der Waals surface area contributed by atoms with Gasteiger partial charge in [-0.25, -0.2) is 0 Å². The van der Waals surface area contributed by atoms with E-state index in [9.17, 15) is 5.11 Å². The van der Waals surface area contributed by atoms with E-state index in [-0.39, 0.29) is 6.10 Å². The minimum atomic E-state index is -0.160. The summed E-state index contributed by atoms with van der Waals surface area (Å²) in [5.41, 5.74) is 0. The molecule has 0 aromatic carbocycles. The van der Waals surface area contributed by atoms with Crippen molar-refractivity contribution in [2.24, 2.45) is 0 Å². The first-order valence-electron chi connectivity index (χ1n) is 5.19. The van der Waals surface area contributed by atoms with Crippen LogP contribution in [0.15, 0.2) is 18.5 Å². The fourth-order valence-electron chi connectivity index (χ4n) is 1.22. The number of aliphatic hydroxyl groups excluding tert-OH is 1. The van der Waals surface area contributed by atoms with Crippen molar-refractivity contribution in [1.82, 2.24) is 15.1 Å². The van der Waals surface area contributed by atoms with Crippen LogP contribution in [0.2, 0.25) is 0 Å². The number of aliphatic hydroxyl groups is 1. The van der Waals surface area contributed by atoms with Gasteiger partial charge in [0.15, 0.2) is 0 Å². The lowest BCUT2D eigenvalue weighted by Gasteiger charge is -2.08. The zero-order chi connectivity index (χ0) is 10.2. The molecule has 0 aliphatic heterocycles. The Morgan fingerprint density at radius 1 is 1.50 bits per heavy atom. The van der Waals surface area contributed by atoms with Crippen LogP contribution in [0.4, 0.5) is 0 Å². The van der Waals surface area contributed by atoms with E-state index in [0.717, 1.165) is 32.5 Å². The number of aromatic nitrogens is 2. The Balaban J connectivity index is 1.95. The monoisotopic (exact) mass is 197 g/mol. The summed E-state index contributed by atoms with van der Waals surface area (Å²) in [6, 6.07) is 1.92. The SMILES string of the molecule is CCC(O)CCNCCn1cccn1. The van der Waals surface area contributed by atoms with Gasteiger partial charge >= 0.3 is 0 Å². The lowest BCUT2D eigenvalue weighted by molar-refractivity contribution is 0.159. The van der Waals surface area contributed by atoms with Crippen molar-refractivity contribution in [3.63, 3.8) is 0 Å². The Labute approximate surface area is 84.9 Å². The first-order valence-corrected chi connectivity index (χ1v) is 5.19. The van der Waals surface area contributed by atoms with Crippen LogP contribution < -0.4 is 5.32 Å². The van der Waals surface area contributed by atoms with Gasteiger partial charge in [-0.1, -0.05) is 6.92 Å². The van der Waals surface area contributed by atoms with Crippen molar-refractivity contribution in [1.29, 1.82) is 0 Å². The second-order valence-corrected chi connectivity index (χ2v) is 3.37. The van der Waals surface area contributed by atoms with Crippen LogP contribution in [0.3, 0.4) is 0 Å². The van der Waals surface area contributed by atoms with E-state index in [1.807, 2.05) is 23.9 Å². The first kappa shape index (κ1) is 11.2. The van der Waals surface area contributed by atoms with Gasteiger partial charge in [0.25, 0.3) is 0 Å². The van der Waals surface area contributed by atoms with Gasteiger partial charge in [0, 0.05) is 18.9 Å². The van der Waals surface area contributed by atoms with Crippen molar-refractivity contribution in [2.45, 2.75) is 32.4 Å². The van der Waals surface area contributed by atoms with Crippen LogP contribution in [-0.2, 0) is 6.54 Å². The summed E-state index contributed by atoms with van der Waals surface area (Å²) in [6.07, 6.45) is 5.23. The quantitative estimate of drug-likeness (QED) is 0.630. The van der Waals surface area contributed by atoms with Gasteiger partial charge in [-0.05, 0) is 25.5 Å². The maximum absolute atomic E-state index is 9.28. The molecule has 0 saturated heterocycles. The summed E-state index contributed by atoms with van der Waals surface area (Å²) in [7, 11) is 0. The van der Waals surface area contributed by atoms with Crippen molar-refractivity contribution in [3.05, 3.63) is 18.5 Å². The molecule has 80 valence electrons. The normalized spacial score (nSPS) is 13.0. The van der Waals surface area contributed by atoms with Crippen molar-refractivity contribution in [3.8, 4) is 0 Å². The van der Waals surface area contributed by atoms with Crippen LogP contribution in [-0.4, -0.2) is 34.1 Å². The van der Waals surface area contributed by atoms with Gasteiger partial charge in [0.05, 0.1) is 12.6 Å². The van der Waals surface area contributed by atoms with Crippen LogP contribution >= 0.6 is 0 Å². The second-order valence-electron chi connectivity index (χ2n) is 3.37. The summed E-state index contributed by atoms with van der Waals surface area (Å²) < 4.78 is 1.89. The Kier molecular flexibility index (Phi) is 5.25. The third-order valence-electron chi connectivity index (χ3n) is 2.20. The molecular weight excluding hydrogens is 178 g/mol. The molecule has 0 fully saturated rings. The van der Waals surface area contributed by atoms with Gasteiger partial charge < -0.3 is 10.4 Å². The fraction of sp³-hybridized carbons (Fsp3) is 0.700. The maximum Gasteiger partial charge on any atom is 0.0549 e. The average molecular weight is 197 g/mol. The molecule has 0 radical (unpaired) electrons. The number of rotatable bonds is 7. The predicted molar refractivity (Wildman–Crippen MR) is 56.0 cm³/mol. The molecular formula is C10H19N3O. The maximum atomic E-state index is 9.28. The molecule has 0 bridgehead atoms. The summed E-state index contributed by atoms with van der Waals surface area (Å²) >= 11 is 0. The topological polar surface area (TPSA) is 50.1 Å². The molecule has 1 aromatic heterocycles. The second kappa shape index (κ2) is 6.56. The molecule has 0 aliphatic rings. The third-order valence-corrected chi connectivity index (χ3v) is 2.20. The predicted octanol–water partition coefficient (Wildman–Crippen LogP) is 0.634. The lowest BCUT2D eigenvalue weighted by Crippen LogP contribution is -2.24. The molecule has 1 atom stereocenters. The Morgan fingerprint density at radius 2 is 2.36 bits per heavy atom. The van der Waals surface area contributed by atoms with E-state index in [4.69, 9.17) is 0 Å². The molecule has 0 spiro atoms. The highest BCUT2D eigenvalue weighted by Crippen LogP contribution is 1.93. The molecule has 2 N–H and O–H groups in total. The molecule has 4 heteroatoms. The molecule has 4 nitrogen and oxygen atoms in total. The highest BCUT2D eigenvalue weighted by Gasteiger charge is 1.98. The standard InChI is InChI=1S/C10H19N3O/c1-2-10(14)4-6-11-7-9-13-8-3-5-12-13/h3,5,8,10-11,14H,2,4,6-7,9H2,1H3. The van der Waals surface area contributed by atoms with Gasteiger partial charge in [0.1, 0.15) is 0 Å². The minimum absolute atomic E-state index is 0.160. The van der Waals surface area contributed by atoms with Crippen molar-refractivity contribution in [2.75, 3.05) is 13.1 Å². The highest BCUT2D eigenvalue weighted by molar-refractivity contribution is 4.77. The van der Waals surface area contributed by atoms with E-state index in [1.165, 1.54) is 0 Å². The Morgan fingerprint density at radius 3 is 3.00 bits per heavy atom. The van der Waals surface area contributed by atoms with E-state index in [0.29, 0.717) is 0 Å². The Hall–Kier alpha value is -0.870. The van der Waals surface area contributed by atoms with E-state index < -0.39 is 0 Å². The average Bonchev–Trinajstić information content (AvgIpc) is 2.69.